The van der Waals surface area contributed by atoms with Crippen molar-refractivity contribution in [3.05, 3.63) is 56.5 Å². The quantitative estimate of drug-likeness (QED) is 0.730. The fourth-order valence-electron chi connectivity index (χ4n) is 1.59. The molecule has 2 aromatic carbocycles. The number of benzene rings is 2. The number of hydrogen-bond donors (Lipinski definition) is 2. The first kappa shape index (κ1) is 14.6. The van der Waals surface area contributed by atoms with Crippen LogP contribution in [0.4, 0.5) is 11.4 Å². The molecular formula is C13H9BrCl2N2S. The largest absolute Gasteiger partial charge is 0.389 e. The van der Waals surface area contributed by atoms with E-state index in [1.807, 2.05) is 18.2 Å². The van der Waals surface area contributed by atoms with E-state index >= 15 is 0 Å². The van der Waals surface area contributed by atoms with Crippen molar-refractivity contribution >= 4 is 67.7 Å². The van der Waals surface area contributed by atoms with E-state index in [1.54, 1.807) is 18.2 Å². The predicted molar refractivity (Wildman–Crippen MR) is 89.8 cm³/mol. The van der Waals surface area contributed by atoms with Crippen LogP contribution in [0.2, 0.25) is 10.0 Å². The van der Waals surface area contributed by atoms with E-state index < -0.39 is 0 Å². The van der Waals surface area contributed by atoms with Crippen molar-refractivity contribution in [3.63, 3.8) is 0 Å². The zero-order valence-electron chi connectivity index (χ0n) is 9.58. The molecule has 0 unspecified atom stereocenters. The van der Waals surface area contributed by atoms with Crippen LogP contribution in [0.5, 0.6) is 0 Å². The van der Waals surface area contributed by atoms with Crippen LogP contribution in [-0.4, -0.2) is 4.99 Å². The van der Waals surface area contributed by atoms with E-state index in [4.69, 9.17) is 41.2 Å². The zero-order chi connectivity index (χ0) is 14.0. The molecule has 6 heteroatoms. The highest BCUT2D eigenvalue weighted by Gasteiger charge is 2.05. The standard InChI is InChI=1S/C13H9BrCl2N2S/c14-12-6-9(1-2-11(12)13(17)19)18-10-4-7(15)3-8(16)5-10/h1-6,18H,(H2,17,19). The number of halogens is 3. The molecule has 0 saturated carbocycles. The lowest BCUT2D eigenvalue weighted by atomic mass is 10.2. The first-order chi connectivity index (χ1) is 8.95. The molecular weight excluding hydrogens is 367 g/mol. The van der Waals surface area contributed by atoms with Gasteiger partial charge in [0.15, 0.2) is 0 Å². The number of thiocarbonyl (C=S) groups is 1. The van der Waals surface area contributed by atoms with Crippen molar-refractivity contribution in [2.24, 2.45) is 5.73 Å². The van der Waals surface area contributed by atoms with Crippen LogP contribution in [0.15, 0.2) is 40.9 Å². The summed E-state index contributed by atoms with van der Waals surface area (Å²) in [7, 11) is 0. The average molecular weight is 376 g/mol. The van der Waals surface area contributed by atoms with Gasteiger partial charge in [0.25, 0.3) is 0 Å². The minimum Gasteiger partial charge on any atom is -0.389 e. The average Bonchev–Trinajstić information content (AvgIpc) is 2.26. The highest BCUT2D eigenvalue weighted by molar-refractivity contribution is 9.10. The molecule has 0 heterocycles. The predicted octanol–water partition coefficient (Wildman–Crippen LogP) is 5.13. The maximum absolute atomic E-state index is 5.95. The Kier molecular flexibility index (Phi) is 4.68. The van der Waals surface area contributed by atoms with Crippen molar-refractivity contribution in [3.8, 4) is 0 Å². The minimum atomic E-state index is 0.351. The third-order valence-corrected chi connectivity index (χ3v) is 3.70. The van der Waals surface area contributed by atoms with Gasteiger partial charge >= 0.3 is 0 Å². The Bertz CT molecular complexity index is 626. The molecule has 0 aromatic heterocycles. The summed E-state index contributed by atoms with van der Waals surface area (Å²) in [6.07, 6.45) is 0. The molecule has 0 amide bonds. The van der Waals surface area contributed by atoms with Crippen LogP contribution < -0.4 is 11.1 Å². The highest BCUT2D eigenvalue weighted by atomic mass is 79.9. The molecule has 0 aliphatic heterocycles. The second kappa shape index (κ2) is 6.09. The summed E-state index contributed by atoms with van der Waals surface area (Å²) in [6.45, 7) is 0. The van der Waals surface area contributed by atoms with E-state index in [2.05, 4.69) is 21.2 Å². The summed E-state index contributed by atoms with van der Waals surface area (Å²) in [5, 5.41) is 4.36. The summed E-state index contributed by atoms with van der Waals surface area (Å²) in [5.74, 6) is 0. The highest BCUT2D eigenvalue weighted by Crippen LogP contribution is 2.27. The molecule has 19 heavy (non-hydrogen) atoms. The van der Waals surface area contributed by atoms with Gasteiger partial charge in [0.2, 0.25) is 0 Å². The van der Waals surface area contributed by atoms with Gasteiger partial charge in [-0.3, -0.25) is 0 Å². The number of rotatable bonds is 3. The molecule has 2 nitrogen and oxygen atoms in total. The second-order valence-corrected chi connectivity index (χ2v) is 6.01. The molecule has 0 bridgehead atoms. The molecule has 0 saturated heterocycles. The number of nitrogens with one attached hydrogen (secondary N) is 1. The van der Waals surface area contributed by atoms with Gasteiger partial charge in [-0.05, 0) is 52.3 Å². The molecule has 98 valence electrons. The number of anilines is 2. The Hall–Kier alpha value is -0.810. The Morgan fingerprint density at radius 2 is 1.68 bits per heavy atom. The van der Waals surface area contributed by atoms with Gasteiger partial charge in [-0.15, -0.1) is 0 Å². The van der Waals surface area contributed by atoms with E-state index in [-0.39, 0.29) is 0 Å². The van der Waals surface area contributed by atoms with Crippen LogP contribution in [-0.2, 0) is 0 Å². The van der Waals surface area contributed by atoms with E-state index in [9.17, 15) is 0 Å². The van der Waals surface area contributed by atoms with Gasteiger partial charge in [0.05, 0.1) is 0 Å². The van der Waals surface area contributed by atoms with Crippen LogP contribution in [0.1, 0.15) is 5.56 Å². The van der Waals surface area contributed by atoms with Gasteiger partial charge in [0.1, 0.15) is 4.99 Å². The summed E-state index contributed by atoms with van der Waals surface area (Å²) < 4.78 is 0.832. The van der Waals surface area contributed by atoms with Crippen molar-refractivity contribution in [2.45, 2.75) is 0 Å². The first-order valence-corrected chi connectivity index (χ1v) is 7.24. The monoisotopic (exact) mass is 374 g/mol. The lowest BCUT2D eigenvalue weighted by Crippen LogP contribution is -2.10. The Balaban J connectivity index is 2.28. The van der Waals surface area contributed by atoms with Crippen molar-refractivity contribution in [2.75, 3.05) is 5.32 Å². The lowest BCUT2D eigenvalue weighted by Gasteiger charge is -2.10. The first-order valence-electron chi connectivity index (χ1n) is 5.28. The van der Waals surface area contributed by atoms with Crippen LogP contribution >= 0.6 is 51.3 Å². The molecule has 0 atom stereocenters. The summed E-state index contributed by atoms with van der Waals surface area (Å²) in [6, 6.07) is 10.9. The van der Waals surface area contributed by atoms with Crippen LogP contribution in [0, 0.1) is 0 Å². The molecule has 2 rings (SSSR count). The third-order valence-electron chi connectivity index (χ3n) is 2.39. The topological polar surface area (TPSA) is 38.0 Å². The lowest BCUT2D eigenvalue weighted by molar-refractivity contribution is 1.51. The molecule has 0 radical (unpaired) electrons. The van der Waals surface area contributed by atoms with Crippen molar-refractivity contribution in [1.82, 2.24) is 0 Å². The molecule has 0 aliphatic rings. The summed E-state index contributed by atoms with van der Waals surface area (Å²) >= 11 is 20.3. The molecule has 2 aromatic rings. The Labute approximate surface area is 135 Å². The molecule has 0 aliphatic carbocycles. The molecule has 0 spiro atoms. The number of hydrogen-bond acceptors (Lipinski definition) is 2. The smallest absolute Gasteiger partial charge is 0.105 e. The van der Waals surface area contributed by atoms with Gasteiger partial charge in [-0.1, -0.05) is 35.4 Å². The SMILES string of the molecule is NC(=S)c1ccc(Nc2cc(Cl)cc(Cl)c2)cc1Br. The minimum absolute atomic E-state index is 0.351. The van der Waals surface area contributed by atoms with Crippen LogP contribution in [0.25, 0.3) is 0 Å². The van der Waals surface area contributed by atoms with Crippen LogP contribution in [0.3, 0.4) is 0 Å². The van der Waals surface area contributed by atoms with Crippen molar-refractivity contribution in [1.29, 1.82) is 0 Å². The maximum atomic E-state index is 5.95. The molecule has 3 N–H and O–H groups in total. The molecule has 0 fully saturated rings. The van der Waals surface area contributed by atoms with E-state index in [1.165, 1.54) is 0 Å². The Morgan fingerprint density at radius 1 is 1.05 bits per heavy atom. The maximum Gasteiger partial charge on any atom is 0.105 e. The Morgan fingerprint density at radius 3 is 2.21 bits per heavy atom. The number of nitrogens with two attached hydrogens (primary N) is 1. The summed E-state index contributed by atoms with van der Waals surface area (Å²) in [4.78, 5) is 0.351. The summed E-state index contributed by atoms with van der Waals surface area (Å²) in [5.41, 5.74) is 8.09. The van der Waals surface area contributed by atoms with Crippen molar-refractivity contribution < 1.29 is 0 Å². The van der Waals surface area contributed by atoms with E-state index in [0.717, 1.165) is 21.4 Å². The van der Waals surface area contributed by atoms with Gasteiger partial charge in [-0.25, -0.2) is 0 Å². The third kappa shape index (κ3) is 3.83. The second-order valence-electron chi connectivity index (χ2n) is 3.84. The fourth-order valence-corrected chi connectivity index (χ4v) is 3.01. The zero-order valence-corrected chi connectivity index (χ0v) is 13.5. The van der Waals surface area contributed by atoms with Gasteiger partial charge in [0, 0.05) is 31.5 Å². The van der Waals surface area contributed by atoms with Gasteiger partial charge < -0.3 is 11.1 Å². The fraction of sp³-hybridized carbons (Fsp3) is 0. The van der Waals surface area contributed by atoms with Gasteiger partial charge in [-0.2, -0.15) is 0 Å². The van der Waals surface area contributed by atoms with E-state index in [0.29, 0.717) is 15.0 Å². The normalized spacial score (nSPS) is 10.3.